The van der Waals surface area contributed by atoms with Gasteiger partial charge in [-0.15, -0.1) is 0 Å². The molecule has 1 aliphatic heterocycles. The minimum atomic E-state index is -5.29. The largest absolute Gasteiger partial charge is 0.413 e. The second kappa shape index (κ2) is 5.89. The maximum Gasteiger partial charge on any atom is 0.413 e. The van der Waals surface area contributed by atoms with E-state index in [0.717, 1.165) is 11.6 Å². The molecular formula is C14H11F6N5O2. The summed E-state index contributed by atoms with van der Waals surface area (Å²) >= 11 is 0. The van der Waals surface area contributed by atoms with Crippen molar-refractivity contribution >= 4 is 17.8 Å². The number of aromatic nitrogens is 4. The van der Waals surface area contributed by atoms with Crippen molar-refractivity contribution in [2.24, 2.45) is 18.4 Å². The lowest BCUT2D eigenvalue weighted by molar-refractivity contribution is -0.150. The zero-order valence-corrected chi connectivity index (χ0v) is 13.8. The van der Waals surface area contributed by atoms with Crippen LogP contribution in [0.1, 0.15) is 13.3 Å². The van der Waals surface area contributed by atoms with Crippen molar-refractivity contribution < 1.29 is 35.9 Å². The number of carbonyl (C=O) groups excluding carboxylic acids is 2. The molecule has 2 aliphatic rings. The van der Waals surface area contributed by atoms with E-state index in [0.29, 0.717) is 0 Å². The summed E-state index contributed by atoms with van der Waals surface area (Å²) in [7, 11) is 1.18. The van der Waals surface area contributed by atoms with E-state index in [4.69, 9.17) is 0 Å². The molecule has 2 bridgehead atoms. The van der Waals surface area contributed by atoms with Crippen molar-refractivity contribution in [1.82, 2.24) is 20.2 Å². The minimum absolute atomic E-state index is 0.0558. The molecule has 2 unspecified atom stereocenters. The number of allylic oxidation sites excluding steroid dienone is 2. The molecule has 2 atom stereocenters. The van der Waals surface area contributed by atoms with Gasteiger partial charge in [-0.2, -0.15) is 13.2 Å². The molecule has 146 valence electrons. The van der Waals surface area contributed by atoms with Gasteiger partial charge >= 0.3 is 6.18 Å². The SMILES string of the molecule is CC1C2=C(F)C=C(C(F)(F)F)C1(CC(F)F)C(=O)N(c1nnnn1C)C2=O. The molecule has 0 saturated carbocycles. The molecule has 3 rings (SSSR count). The zero-order valence-electron chi connectivity index (χ0n) is 13.8. The predicted octanol–water partition coefficient (Wildman–Crippen LogP) is 2.09. The van der Waals surface area contributed by atoms with Gasteiger partial charge in [-0.25, -0.2) is 22.8 Å². The van der Waals surface area contributed by atoms with Crippen LogP contribution in [0.5, 0.6) is 0 Å². The minimum Gasteiger partial charge on any atom is -0.273 e. The number of alkyl halides is 5. The Labute approximate surface area is 147 Å². The van der Waals surface area contributed by atoms with Crippen LogP contribution < -0.4 is 4.90 Å². The smallest absolute Gasteiger partial charge is 0.273 e. The highest BCUT2D eigenvalue weighted by atomic mass is 19.4. The Hall–Kier alpha value is -2.73. The van der Waals surface area contributed by atoms with Crippen LogP contribution in [0.25, 0.3) is 0 Å². The summed E-state index contributed by atoms with van der Waals surface area (Å²) in [6.07, 6.45) is -10.2. The fourth-order valence-corrected chi connectivity index (χ4v) is 3.57. The van der Waals surface area contributed by atoms with Gasteiger partial charge in [-0.3, -0.25) is 9.59 Å². The van der Waals surface area contributed by atoms with E-state index in [1.54, 1.807) is 0 Å². The van der Waals surface area contributed by atoms with Gasteiger partial charge in [-0.1, -0.05) is 12.0 Å². The Morgan fingerprint density at radius 2 is 1.93 bits per heavy atom. The molecule has 13 heteroatoms. The van der Waals surface area contributed by atoms with Gasteiger partial charge in [0.1, 0.15) is 5.83 Å². The van der Waals surface area contributed by atoms with Crippen LogP contribution in [0.3, 0.4) is 0 Å². The number of tetrazole rings is 1. The highest BCUT2D eigenvalue weighted by Crippen LogP contribution is 2.57. The van der Waals surface area contributed by atoms with Crippen LogP contribution in [0.2, 0.25) is 0 Å². The van der Waals surface area contributed by atoms with E-state index in [1.165, 1.54) is 7.05 Å². The molecule has 1 aromatic rings. The predicted molar refractivity (Wildman–Crippen MR) is 75.8 cm³/mol. The van der Waals surface area contributed by atoms with Crippen LogP contribution in [0, 0.1) is 11.3 Å². The maximum atomic E-state index is 14.4. The summed E-state index contributed by atoms with van der Waals surface area (Å²) in [4.78, 5) is 25.7. The second-order valence-corrected chi connectivity index (χ2v) is 6.15. The van der Waals surface area contributed by atoms with E-state index in [9.17, 15) is 35.9 Å². The van der Waals surface area contributed by atoms with Crippen molar-refractivity contribution in [3.8, 4) is 0 Å². The van der Waals surface area contributed by atoms with E-state index < -0.39 is 65.1 Å². The van der Waals surface area contributed by atoms with Crippen LogP contribution in [-0.2, 0) is 16.6 Å². The number of piperidine rings is 1. The third-order valence-electron chi connectivity index (χ3n) is 4.78. The van der Waals surface area contributed by atoms with Gasteiger partial charge in [0.15, 0.2) is 0 Å². The summed E-state index contributed by atoms with van der Waals surface area (Å²) < 4.78 is 82.4. The van der Waals surface area contributed by atoms with Gasteiger partial charge in [-0.05, 0) is 16.5 Å². The van der Waals surface area contributed by atoms with Gasteiger partial charge in [0.05, 0.1) is 16.6 Å². The molecule has 0 spiro atoms. The number of hydrogen-bond donors (Lipinski definition) is 0. The third kappa shape index (κ3) is 2.55. The van der Waals surface area contributed by atoms with E-state index >= 15 is 0 Å². The summed E-state index contributed by atoms with van der Waals surface area (Å²) in [6.45, 7) is 0.943. The maximum absolute atomic E-state index is 14.4. The average molecular weight is 395 g/mol. The topological polar surface area (TPSA) is 81.0 Å². The third-order valence-corrected chi connectivity index (χ3v) is 4.78. The van der Waals surface area contributed by atoms with Crippen molar-refractivity contribution in [2.75, 3.05) is 4.90 Å². The highest BCUT2D eigenvalue weighted by molar-refractivity contribution is 6.26. The molecule has 1 saturated heterocycles. The first kappa shape index (κ1) is 19.0. The second-order valence-electron chi connectivity index (χ2n) is 6.15. The molecule has 27 heavy (non-hydrogen) atoms. The molecule has 1 fully saturated rings. The van der Waals surface area contributed by atoms with E-state index in [1.807, 2.05) is 0 Å². The van der Waals surface area contributed by atoms with Gasteiger partial charge in [0.2, 0.25) is 12.3 Å². The quantitative estimate of drug-likeness (QED) is 0.578. The summed E-state index contributed by atoms with van der Waals surface area (Å²) in [5, 5.41) is 9.90. The number of nitrogens with zero attached hydrogens (tertiary/aromatic N) is 5. The molecule has 1 aliphatic carbocycles. The number of rotatable bonds is 3. The van der Waals surface area contributed by atoms with Crippen LogP contribution in [-0.4, -0.2) is 44.6 Å². The van der Waals surface area contributed by atoms with Gasteiger partial charge in [0, 0.05) is 19.4 Å². The lowest BCUT2D eigenvalue weighted by Crippen LogP contribution is -2.61. The van der Waals surface area contributed by atoms with Gasteiger partial charge < -0.3 is 0 Å². The first-order valence-corrected chi connectivity index (χ1v) is 7.51. The summed E-state index contributed by atoms with van der Waals surface area (Å²) in [5.74, 6) is -6.80. The number of imide groups is 1. The molecule has 0 N–H and O–H groups in total. The monoisotopic (exact) mass is 395 g/mol. The Bertz CT molecular complexity index is 889. The lowest BCUT2D eigenvalue weighted by atomic mass is 9.59. The molecule has 1 aromatic heterocycles. The molecule has 0 aromatic carbocycles. The Morgan fingerprint density at radius 3 is 2.41 bits per heavy atom. The molecule has 2 heterocycles. The normalized spacial score (nSPS) is 26.2. The van der Waals surface area contributed by atoms with E-state index in [-0.39, 0.29) is 11.0 Å². The Morgan fingerprint density at radius 1 is 1.30 bits per heavy atom. The zero-order chi connectivity index (χ0) is 20.3. The Balaban J connectivity index is 2.34. The van der Waals surface area contributed by atoms with Gasteiger partial charge in [0.25, 0.3) is 11.9 Å². The molecule has 0 radical (unpaired) electrons. The highest BCUT2D eigenvalue weighted by Gasteiger charge is 2.65. The number of carbonyl (C=O) groups is 2. The van der Waals surface area contributed by atoms with Crippen molar-refractivity contribution in [2.45, 2.75) is 25.9 Å². The number of fused-ring (bicyclic) bond motifs is 2. The number of aryl methyl sites for hydroxylation is 1. The van der Waals surface area contributed by atoms with Crippen LogP contribution >= 0.6 is 0 Å². The average Bonchev–Trinajstić information content (AvgIpc) is 2.93. The lowest BCUT2D eigenvalue weighted by Gasteiger charge is -2.48. The number of amides is 2. The van der Waals surface area contributed by atoms with Crippen molar-refractivity contribution in [1.29, 1.82) is 0 Å². The van der Waals surface area contributed by atoms with Crippen LogP contribution in [0.15, 0.2) is 23.0 Å². The molecule has 2 amide bonds. The number of halogens is 6. The summed E-state index contributed by atoms with van der Waals surface area (Å²) in [5.41, 5.74) is -5.48. The standard InChI is InChI=1S/C14H11F6N5O2/c1-5-9-6(15)3-7(14(18,19)20)13(5,4-8(16)17)11(27)25(10(9)26)12-21-22-23-24(12)2/h3,5,8H,4H2,1-2H3. The molecule has 7 nitrogen and oxygen atoms in total. The summed E-state index contributed by atoms with van der Waals surface area (Å²) in [6, 6.07) is 0. The molecular weight excluding hydrogens is 384 g/mol. The number of hydrogen-bond acceptors (Lipinski definition) is 5. The van der Waals surface area contributed by atoms with Crippen LogP contribution in [0.4, 0.5) is 32.3 Å². The number of anilines is 1. The fourth-order valence-electron chi connectivity index (χ4n) is 3.57. The van der Waals surface area contributed by atoms with E-state index in [2.05, 4.69) is 15.5 Å². The first-order valence-electron chi connectivity index (χ1n) is 7.51. The van der Waals surface area contributed by atoms with Crippen molar-refractivity contribution in [3.63, 3.8) is 0 Å². The fraction of sp³-hybridized carbons (Fsp3) is 0.500. The Kier molecular flexibility index (Phi) is 4.15. The first-order chi connectivity index (χ1) is 12.4. The van der Waals surface area contributed by atoms with Crippen molar-refractivity contribution in [3.05, 3.63) is 23.0 Å².